The van der Waals surface area contributed by atoms with Gasteiger partial charge in [0.15, 0.2) is 0 Å². The van der Waals surface area contributed by atoms with Crippen LogP contribution in [0.2, 0.25) is 0 Å². The normalized spacial score (nSPS) is 22.4. The maximum atomic E-state index is 12.3. The van der Waals surface area contributed by atoms with Crippen molar-refractivity contribution in [3.63, 3.8) is 0 Å². The Balaban J connectivity index is 1.46. The lowest BCUT2D eigenvalue weighted by molar-refractivity contribution is -0.138. The lowest BCUT2D eigenvalue weighted by Gasteiger charge is -2.33. The molecule has 1 atom stereocenters. The number of rotatable bonds is 6. The number of amides is 2. The summed E-state index contributed by atoms with van der Waals surface area (Å²) in [6.45, 7) is 2.96. The van der Waals surface area contributed by atoms with Gasteiger partial charge in [-0.25, -0.2) is 0 Å². The summed E-state index contributed by atoms with van der Waals surface area (Å²) in [5, 5.41) is 8.04. The number of piperazine rings is 1. The third kappa shape index (κ3) is 4.04. The van der Waals surface area contributed by atoms with Crippen LogP contribution < -0.4 is 10.6 Å². The summed E-state index contributed by atoms with van der Waals surface area (Å²) in [6.07, 6.45) is 2.71. The minimum absolute atomic E-state index is 0.0671. The molecule has 5 nitrogen and oxygen atoms in total. The van der Waals surface area contributed by atoms with E-state index in [0.29, 0.717) is 12.5 Å². The Bertz CT molecular complexity index is 499. The molecular formula is C15H21N3O2S. The highest BCUT2D eigenvalue weighted by molar-refractivity contribution is 7.09. The molecule has 21 heavy (non-hydrogen) atoms. The second-order valence-corrected chi connectivity index (χ2v) is 6.83. The average Bonchev–Trinajstić information content (AvgIpc) is 3.13. The Labute approximate surface area is 128 Å². The molecule has 6 heteroatoms. The molecule has 2 heterocycles. The average molecular weight is 307 g/mol. The van der Waals surface area contributed by atoms with Gasteiger partial charge < -0.3 is 15.5 Å². The van der Waals surface area contributed by atoms with Crippen LogP contribution in [-0.4, -0.2) is 42.4 Å². The number of carbonyl (C=O) groups excluding carboxylic acids is 2. The van der Waals surface area contributed by atoms with Crippen molar-refractivity contribution in [3.05, 3.63) is 22.4 Å². The maximum Gasteiger partial charge on any atom is 0.240 e. The van der Waals surface area contributed by atoms with E-state index in [1.807, 2.05) is 22.4 Å². The van der Waals surface area contributed by atoms with Crippen LogP contribution >= 0.6 is 11.3 Å². The summed E-state index contributed by atoms with van der Waals surface area (Å²) in [7, 11) is 0. The molecule has 114 valence electrons. The third-order valence-electron chi connectivity index (χ3n) is 3.99. The van der Waals surface area contributed by atoms with E-state index in [4.69, 9.17) is 0 Å². The zero-order chi connectivity index (χ0) is 14.7. The number of thiophene rings is 1. The summed E-state index contributed by atoms with van der Waals surface area (Å²) >= 11 is 1.62. The zero-order valence-electron chi connectivity index (χ0n) is 12.0. The molecular weight excluding hydrogens is 286 g/mol. The first-order chi connectivity index (χ1) is 10.2. The maximum absolute atomic E-state index is 12.3. The van der Waals surface area contributed by atoms with Crippen LogP contribution in [0, 0.1) is 5.92 Å². The topological polar surface area (TPSA) is 61.4 Å². The number of hydrogen-bond acceptors (Lipinski definition) is 4. The Morgan fingerprint density at radius 3 is 3.05 bits per heavy atom. The van der Waals surface area contributed by atoms with E-state index in [0.717, 1.165) is 24.5 Å². The van der Waals surface area contributed by atoms with Crippen LogP contribution in [0.4, 0.5) is 0 Å². The molecule has 0 aromatic carbocycles. The number of nitrogens with one attached hydrogen (secondary N) is 2. The molecule has 2 fully saturated rings. The highest BCUT2D eigenvalue weighted by Crippen LogP contribution is 2.30. The molecule has 1 aromatic heterocycles. The van der Waals surface area contributed by atoms with Crippen LogP contribution in [0.3, 0.4) is 0 Å². The third-order valence-corrected chi connectivity index (χ3v) is 4.86. The SMILES string of the molecule is O=C(CC1NCCN(CC2CC2)C1=O)NCc1cccs1. The van der Waals surface area contributed by atoms with Crippen molar-refractivity contribution in [1.82, 2.24) is 15.5 Å². The predicted molar refractivity (Wildman–Crippen MR) is 81.9 cm³/mol. The van der Waals surface area contributed by atoms with Gasteiger partial charge in [0.1, 0.15) is 0 Å². The Morgan fingerprint density at radius 2 is 2.33 bits per heavy atom. The molecule has 2 N–H and O–H groups in total. The van der Waals surface area contributed by atoms with Gasteiger partial charge in [0.2, 0.25) is 11.8 Å². The summed E-state index contributed by atoms with van der Waals surface area (Å²) in [4.78, 5) is 27.4. The first-order valence-electron chi connectivity index (χ1n) is 7.53. The highest BCUT2D eigenvalue weighted by Gasteiger charge is 2.33. The summed E-state index contributed by atoms with van der Waals surface area (Å²) in [5.41, 5.74) is 0. The Kier molecular flexibility index (Phi) is 4.55. The van der Waals surface area contributed by atoms with Crippen molar-refractivity contribution >= 4 is 23.2 Å². The van der Waals surface area contributed by atoms with Crippen LogP contribution in [0.15, 0.2) is 17.5 Å². The van der Waals surface area contributed by atoms with Crippen LogP contribution in [-0.2, 0) is 16.1 Å². The number of hydrogen-bond donors (Lipinski definition) is 2. The minimum atomic E-state index is -0.360. The predicted octanol–water partition coefficient (Wildman–Crippen LogP) is 0.965. The first kappa shape index (κ1) is 14.5. The van der Waals surface area contributed by atoms with E-state index in [1.54, 1.807) is 11.3 Å². The van der Waals surface area contributed by atoms with E-state index >= 15 is 0 Å². The molecule has 3 rings (SSSR count). The Hall–Kier alpha value is -1.40. The monoisotopic (exact) mass is 307 g/mol. The molecule has 0 radical (unpaired) electrons. The second kappa shape index (κ2) is 6.58. The number of carbonyl (C=O) groups is 2. The van der Waals surface area contributed by atoms with Crippen LogP contribution in [0.5, 0.6) is 0 Å². The van der Waals surface area contributed by atoms with Crippen molar-refractivity contribution in [2.75, 3.05) is 19.6 Å². The largest absolute Gasteiger partial charge is 0.351 e. The van der Waals surface area contributed by atoms with Gasteiger partial charge in [0.05, 0.1) is 19.0 Å². The summed E-state index contributed by atoms with van der Waals surface area (Å²) < 4.78 is 0. The van der Waals surface area contributed by atoms with Gasteiger partial charge >= 0.3 is 0 Å². The van der Waals surface area contributed by atoms with E-state index in [1.165, 1.54) is 12.8 Å². The lowest BCUT2D eigenvalue weighted by Crippen LogP contribution is -2.56. The van der Waals surface area contributed by atoms with Gasteiger partial charge in [0.25, 0.3) is 0 Å². The first-order valence-corrected chi connectivity index (χ1v) is 8.41. The molecule has 0 spiro atoms. The van der Waals surface area contributed by atoms with E-state index in [9.17, 15) is 9.59 Å². The van der Waals surface area contributed by atoms with Crippen molar-refractivity contribution in [2.45, 2.75) is 31.8 Å². The molecule has 1 saturated carbocycles. The summed E-state index contributed by atoms with van der Waals surface area (Å²) in [5.74, 6) is 0.710. The molecule has 2 aliphatic rings. The highest BCUT2D eigenvalue weighted by atomic mass is 32.1. The molecule has 1 aliphatic carbocycles. The van der Waals surface area contributed by atoms with Crippen LogP contribution in [0.1, 0.15) is 24.1 Å². The van der Waals surface area contributed by atoms with Gasteiger partial charge in [-0.2, -0.15) is 0 Å². The minimum Gasteiger partial charge on any atom is -0.351 e. The van der Waals surface area contributed by atoms with Gasteiger partial charge in [-0.1, -0.05) is 6.07 Å². The second-order valence-electron chi connectivity index (χ2n) is 5.79. The van der Waals surface area contributed by atoms with Crippen LogP contribution in [0.25, 0.3) is 0 Å². The fourth-order valence-corrected chi connectivity index (χ4v) is 3.25. The van der Waals surface area contributed by atoms with E-state index < -0.39 is 0 Å². The zero-order valence-corrected chi connectivity index (χ0v) is 12.8. The van der Waals surface area contributed by atoms with Gasteiger partial charge in [-0.3, -0.25) is 9.59 Å². The van der Waals surface area contributed by atoms with Gasteiger partial charge in [-0.15, -0.1) is 11.3 Å². The number of nitrogens with zero attached hydrogens (tertiary/aromatic N) is 1. The molecule has 1 unspecified atom stereocenters. The summed E-state index contributed by atoms with van der Waals surface area (Å²) in [6, 6.07) is 3.60. The molecule has 1 aliphatic heterocycles. The van der Waals surface area contributed by atoms with E-state index in [-0.39, 0.29) is 24.3 Å². The van der Waals surface area contributed by atoms with Crippen molar-refractivity contribution in [1.29, 1.82) is 0 Å². The lowest BCUT2D eigenvalue weighted by atomic mass is 10.1. The van der Waals surface area contributed by atoms with Gasteiger partial charge in [-0.05, 0) is 30.2 Å². The smallest absolute Gasteiger partial charge is 0.240 e. The molecule has 0 bridgehead atoms. The quantitative estimate of drug-likeness (QED) is 0.823. The van der Waals surface area contributed by atoms with E-state index in [2.05, 4.69) is 10.6 Å². The molecule has 2 amide bonds. The van der Waals surface area contributed by atoms with Crippen molar-refractivity contribution < 1.29 is 9.59 Å². The van der Waals surface area contributed by atoms with Crippen molar-refractivity contribution in [3.8, 4) is 0 Å². The fraction of sp³-hybridized carbons (Fsp3) is 0.600. The Morgan fingerprint density at radius 1 is 1.48 bits per heavy atom. The van der Waals surface area contributed by atoms with Crippen molar-refractivity contribution in [2.24, 2.45) is 5.92 Å². The molecule has 1 aromatic rings. The van der Waals surface area contributed by atoms with Gasteiger partial charge in [0, 0.05) is 24.5 Å². The fourth-order valence-electron chi connectivity index (χ4n) is 2.60. The standard InChI is InChI=1S/C15H21N3O2S/c19-14(17-9-12-2-1-7-21-12)8-13-15(20)18(6-5-16-13)10-11-3-4-11/h1-2,7,11,13,16H,3-6,8-10H2,(H,17,19). The molecule has 1 saturated heterocycles.